The number of carbonyl (C=O) groups is 1. The van der Waals surface area contributed by atoms with Crippen molar-refractivity contribution >= 4 is 17.5 Å². The van der Waals surface area contributed by atoms with Crippen LogP contribution in [0.15, 0.2) is 54.9 Å². The van der Waals surface area contributed by atoms with Gasteiger partial charge in [0.15, 0.2) is 0 Å². The number of methoxy groups -OCH3 is 1. The minimum absolute atomic E-state index is 0.0387. The van der Waals surface area contributed by atoms with E-state index in [1.54, 1.807) is 13.4 Å². The van der Waals surface area contributed by atoms with Crippen LogP contribution in [0.2, 0.25) is 5.02 Å². The van der Waals surface area contributed by atoms with Crippen LogP contribution in [0.25, 0.3) is 0 Å². The number of H-pyrrole nitrogens is 1. The smallest absolute Gasteiger partial charge is 0.245 e. The number of halogens is 1. The third kappa shape index (κ3) is 3.80. The molecule has 0 aliphatic carbocycles. The monoisotopic (exact) mass is 424 g/mol. The molecule has 2 heterocycles. The van der Waals surface area contributed by atoms with E-state index in [2.05, 4.69) is 9.97 Å². The summed E-state index contributed by atoms with van der Waals surface area (Å²) in [7, 11) is 5.48. The van der Waals surface area contributed by atoms with Crippen molar-refractivity contribution in [2.45, 2.75) is 18.5 Å². The fourth-order valence-electron chi connectivity index (χ4n) is 4.10. The molecule has 1 aliphatic heterocycles. The highest BCUT2D eigenvalue weighted by atomic mass is 35.5. The van der Waals surface area contributed by atoms with Gasteiger partial charge in [0.2, 0.25) is 5.91 Å². The molecule has 0 unspecified atom stereocenters. The molecular weight excluding hydrogens is 400 g/mol. The van der Waals surface area contributed by atoms with Crippen molar-refractivity contribution in [2.75, 3.05) is 27.7 Å². The summed E-state index contributed by atoms with van der Waals surface area (Å²) in [6.45, 7) is 0.614. The number of nitrogens with one attached hydrogen (secondary N) is 1. The molecule has 1 aliphatic rings. The Labute approximate surface area is 181 Å². The van der Waals surface area contributed by atoms with Gasteiger partial charge in [-0.25, -0.2) is 4.98 Å². The fourth-order valence-corrected chi connectivity index (χ4v) is 4.23. The van der Waals surface area contributed by atoms with Gasteiger partial charge in [-0.3, -0.25) is 9.69 Å². The molecule has 0 spiro atoms. The van der Waals surface area contributed by atoms with E-state index in [9.17, 15) is 4.79 Å². The van der Waals surface area contributed by atoms with Gasteiger partial charge < -0.3 is 14.6 Å². The standard InChI is InChI=1S/C23H25ClN4O2/c1-27(2)22(16-4-8-17(24)9-5-16)23(29)28-13-12-19-20(26-14-25-19)21(28)15-6-10-18(30-3)11-7-15/h4-11,14,21-22H,12-13H2,1-3H3,(H,25,26)/t21-,22-/m0/s1. The molecule has 2 atom stereocenters. The lowest BCUT2D eigenvalue weighted by Gasteiger charge is -2.39. The first kappa shape index (κ1) is 20.4. The molecule has 3 aromatic rings. The summed E-state index contributed by atoms with van der Waals surface area (Å²) in [6.07, 6.45) is 2.45. The molecule has 1 amide bonds. The molecule has 4 rings (SSSR count). The fraction of sp³-hybridized carbons (Fsp3) is 0.304. The second-order valence-corrected chi connectivity index (χ2v) is 8.08. The molecule has 0 bridgehead atoms. The van der Waals surface area contributed by atoms with Crippen LogP contribution in [0.1, 0.15) is 34.6 Å². The number of rotatable bonds is 5. The topological polar surface area (TPSA) is 61.5 Å². The highest BCUT2D eigenvalue weighted by Gasteiger charge is 2.38. The number of fused-ring (bicyclic) bond motifs is 1. The zero-order valence-corrected chi connectivity index (χ0v) is 18.1. The maximum Gasteiger partial charge on any atom is 0.245 e. The average molecular weight is 425 g/mol. The van der Waals surface area contributed by atoms with Gasteiger partial charge in [-0.2, -0.15) is 0 Å². The Morgan fingerprint density at radius 2 is 1.90 bits per heavy atom. The van der Waals surface area contributed by atoms with Gasteiger partial charge in [0.25, 0.3) is 0 Å². The number of nitrogens with zero attached hydrogens (tertiary/aromatic N) is 3. The number of imidazole rings is 1. The Morgan fingerprint density at radius 1 is 1.20 bits per heavy atom. The van der Waals surface area contributed by atoms with Gasteiger partial charge >= 0.3 is 0 Å². The van der Waals surface area contributed by atoms with Crippen LogP contribution in [0.3, 0.4) is 0 Å². The first-order valence-electron chi connectivity index (χ1n) is 9.88. The summed E-state index contributed by atoms with van der Waals surface area (Å²) >= 11 is 6.06. The Kier molecular flexibility index (Phi) is 5.79. The van der Waals surface area contributed by atoms with Crippen LogP contribution in [-0.2, 0) is 11.2 Å². The number of aromatic amines is 1. The van der Waals surface area contributed by atoms with E-state index in [1.807, 2.05) is 72.4 Å². The third-order valence-electron chi connectivity index (χ3n) is 5.58. The van der Waals surface area contributed by atoms with E-state index in [0.29, 0.717) is 11.6 Å². The van der Waals surface area contributed by atoms with Crippen LogP contribution in [0.5, 0.6) is 5.75 Å². The summed E-state index contributed by atoms with van der Waals surface area (Å²) < 4.78 is 5.30. The lowest BCUT2D eigenvalue weighted by atomic mass is 9.93. The lowest BCUT2D eigenvalue weighted by Crippen LogP contribution is -2.46. The molecule has 0 radical (unpaired) electrons. The molecule has 0 saturated heterocycles. The van der Waals surface area contributed by atoms with Gasteiger partial charge in [0, 0.05) is 23.7 Å². The van der Waals surface area contributed by atoms with E-state index in [-0.39, 0.29) is 11.9 Å². The molecular formula is C23H25ClN4O2. The van der Waals surface area contributed by atoms with Crippen LogP contribution in [0, 0.1) is 0 Å². The van der Waals surface area contributed by atoms with Crippen molar-refractivity contribution in [1.82, 2.24) is 19.8 Å². The number of benzene rings is 2. The second kappa shape index (κ2) is 8.50. The van der Waals surface area contributed by atoms with Gasteiger partial charge in [0.05, 0.1) is 19.1 Å². The van der Waals surface area contributed by atoms with Gasteiger partial charge in [0.1, 0.15) is 17.8 Å². The SMILES string of the molecule is COc1ccc([C@H]2c3nc[nH]c3CCN2C(=O)[C@H](c2ccc(Cl)cc2)N(C)C)cc1. The quantitative estimate of drug-likeness (QED) is 0.675. The Balaban J connectivity index is 1.74. The number of aromatic nitrogens is 2. The maximum absolute atomic E-state index is 13.9. The minimum atomic E-state index is -0.413. The summed E-state index contributed by atoms with van der Waals surface area (Å²) in [5.74, 6) is 0.818. The largest absolute Gasteiger partial charge is 0.497 e. The van der Waals surface area contributed by atoms with E-state index < -0.39 is 6.04 Å². The first-order valence-corrected chi connectivity index (χ1v) is 10.3. The molecule has 1 aromatic heterocycles. The number of likely N-dealkylation sites (N-methyl/N-ethyl adjacent to an activating group) is 1. The molecule has 0 saturated carbocycles. The molecule has 156 valence electrons. The van der Waals surface area contributed by atoms with Gasteiger partial charge in [-0.15, -0.1) is 0 Å². The van der Waals surface area contributed by atoms with Crippen molar-refractivity contribution in [3.63, 3.8) is 0 Å². The number of amides is 1. The highest BCUT2D eigenvalue weighted by molar-refractivity contribution is 6.30. The zero-order valence-electron chi connectivity index (χ0n) is 17.3. The summed E-state index contributed by atoms with van der Waals surface area (Å²) in [6, 6.07) is 14.6. The Morgan fingerprint density at radius 3 is 2.53 bits per heavy atom. The normalized spacial score (nSPS) is 17.0. The predicted molar refractivity (Wildman–Crippen MR) is 117 cm³/mol. The van der Waals surface area contributed by atoms with Crippen LogP contribution in [0.4, 0.5) is 0 Å². The molecule has 1 N–H and O–H groups in total. The number of hydrogen-bond donors (Lipinski definition) is 1. The van der Waals surface area contributed by atoms with E-state index >= 15 is 0 Å². The number of ether oxygens (including phenoxy) is 1. The molecule has 0 fully saturated rings. The van der Waals surface area contributed by atoms with Crippen LogP contribution in [-0.4, -0.2) is 53.4 Å². The third-order valence-corrected chi connectivity index (χ3v) is 5.83. The lowest BCUT2D eigenvalue weighted by molar-refractivity contribution is -0.138. The van der Waals surface area contributed by atoms with Crippen molar-refractivity contribution in [2.24, 2.45) is 0 Å². The Bertz CT molecular complexity index is 1010. The highest BCUT2D eigenvalue weighted by Crippen LogP contribution is 2.36. The molecule has 30 heavy (non-hydrogen) atoms. The van der Waals surface area contributed by atoms with Crippen molar-refractivity contribution in [1.29, 1.82) is 0 Å². The van der Waals surface area contributed by atoms with Crippen molar-refractivity contribution in [3.8, 4) is 5.75 Å². The molecule has 7 heteroatoms. The zero-order chi connectivity index (χ0) is 21.3. The van der Waals surface area contributed by atoms with E-state index in [1.165, 1.54) is 0 Å². The summed E-state index contributed by atoms with van der Waals surface area (Å²) in [5.41, 5.74) is 3.89. The number of carbonyl (C=O) groups excluding carboxylic acids is 1. The van der Waals surface area contributed by atoms with Gasteiger partial charge in [-0.05, 0) is 49.5 Å². The first-order chi connectivity index (χ1) is 14.5. The second-order valence-electron chi connectivity index (χ2n) is 7.64. The predicted octanol–water partition coefficient (Wildman–Crippen LogP) is 3.85. The number of hydrogen-bond acceptors (Lipinski definition) is 4. The van der Waals surface area contributed by atoms with E-state index in [0.717, 1.165) is 34.7 Å². The van der Waals surface area contributed by atoms with Crippen molar-refractivity contribution < 1.29 is 9.53 Å². The summed E-state index contributed by atoms with van der Waals surface area (Å²) in [5, 5.41) is 0.652. The van der Waals surface area contributed by atoms with Crippen molar-refractivity contribution in [3.05, 3.63) is 82.4 Å². The average Bonchev–Trinajstić information content (AvgIpc) is 3.23. The molecule has 6 nitrogen and oxygen atoms in total. The minimum Gasteiger partial charge on any atom is -0.497 e. The van der Waals surface area contributed by atoms with E-state index in [4.69, 9.17) is 16.3 Å². The van der Waals surface area contributed by atoms with Gasteiger partial charge in [-0.1, -0.05) is 35.9 Å². The molecule has 2 aromatic carbocycles. The Hall–Kier alpha value is -2.83. The van der Waals surface area contributed by atoms with Crippen LogP contribution >= 0.6 is 11.6 Å². The summed E-state index contributed by atoms with van der Waals surface area (Å²) in [4.78, 5) is 25.5. The maximum atomic E-state index is 13.9. The van der Waals surface area contributed by atoms with Crippen LogP contribution < -0.4 is 4.74 Å².